The van der Waals surface area contributed by atoms with Crippen LogP contribution in [-0.4, -0.2) is 28.6 Å². The largest absolute Gasteiger partial charge is 0.454 e. The van der Waals surface area contributed by atoms with Crippen molar-refractivity contribution < 1.29 is 19.7 Å². The number of rotatable bonds is 2. The lowest BCUT2D eigenvalue weighted by Gasteiger charge is -2.58. The summed E-state index contributed by atoms with van der Waals surface area (Å²) in [6, 6.07) is 0. The SMILES string of the molecule is C[C@]12C=CCC[C@H]1CC[C@@H]1[C@@H]2CC[C@]2(C)[C@@H](OC(=O)C(O)O)C=C[C@@H]12. The number of carbonyl (C=O) groups is 1. The molecule has 4 aliphatic rings. The van der Waals surface area contributed by atoms with Gasteiger partial charge in [-0.1, -0.05) is 32.1 Å². The first-order valence-corrected chi connectivity index (χ1v) is 9.79. The van der Waals surface area contributed by atoms with Crippen LogP contribution in [0.15, 0.2) is 24.3 Å². The Labute approximate surface area is 149 Å². The molecule has 0 aromatic rings. The molecule has 0 bridgehead atoms. The maximum absolute atomic E-state index is 11.7. The fourth-order valence-corrected chi connectivity index (χ4v) is 6.59. The Bertz CT molecular complexity index is 609. The summed E-state index contributed by atoms with van der Waals surface area (Å²) >= 11 is 0. The van der Waals surface area contributed by atoms with Gasteiger partial charge < -0.3 is 14.9 Å². The molecule has 25 heavy (non-hydrogen) atoms. The molecule has 0 spiro atoms. The number of allylic oxidation sites excluding steroid dienone is 3. The predicted molar refractivity (Wildman–Crippen MR) is 94.3 cm³/mol. The van der Waals surface area contributed by atoms with Gasteiger partial charge in [0.2, 0.25) is 0 Å². The van der Waals surface area contributed by atoms with Crippen LogP contribution in [0.2, 0.25) is 0 Å². The summed E-state index contributed by atoms with van der Waals surface area (Å²) in [5, 5.41) is 18.1. The van der Waals surface area contributed by atoms with E-state index in [-0.39, 0.29) is 11.5 Å². The van der Waals surface area contributed by atoms with Crippen LogP contribution >= 0.6 is 0 Å². The van der Waals surface area contributed by atoms with E-state index in [4.69, 9.17) is 14.9 Å². The minimum absolute atomic E-state index is 0.118. The van der Waals surface area contributed by atoms with E-state index in [0.717, 1.165) is 18.8 Å². The fraction of sp³-hybridized carbons (Fsp3) is 0.762. The second kappa shape index (κ2) is 5.95. The van der Waals surface area contributed by atoms with Gasteiger partial charge in [0.05, 0.1) is 0 Å². The van der Waals surface area contributed by atoms with Gasteiger partial charge in [-0.25, -0.2) is 4.79 Å². The average molecular weight is 346 g/mol. The molecule has 0 aliphatic heterocycles. The van der Waals surface area contributed by atoms with Gasteiger partial charge in [0, 0.05) is 5.41 Å². The van der Waals surface area contributed by atoms with E-state index in [1.165, 1.54) is 25.7 Å². The highest BCUT2D eigenvalue weighted by atomic mass is 16.6. The van der Waals surface area contributed by atoms with Crippen LogP contribution in [0.25, 0.3) is 0 Å². The topological polar surface area (TPSA) is 66.8 Å². The van der Waals surface area contributed by atoms with Gasteiger partial charge in [-0.15, -0.1) is 0 Å². The Kier molecular flexibility index (Phi) is 4.12. The number of carbonyl (C=O) groups excluding carboxylic acids is 1. The number of hydrogen-bond acceptors (Lipinski definition) is 4. The highest BCUT2D eigenvalue weighted by molar-refractivity contribution is 5.73. The van der Waals surface area contributed by atoms with Crippen molar-refractivity contribution in [3.63, 3.8) is 0 Å². The molecule has 0 radical (unpaired) electrons. The first-order chi connectivity index (χ1) is 11.9. The number of aliphatic hydroxyl groups excluding tert-OH is 1. The number of fused-ring (bicyclic) bond motifs is 5. The lowest BCUT2D eigenvalue weighted by molar-refractivity contribution is -0.185. The molecule has 0 unspecified atom stereocenters. The van der Waals surface area contributed by atoms with Crippen molar-refractivity contribution in [1.82, 2.24) is 0 Å². The van der Waals surface area contributed by atoms with Gasteiger partial charge in [0.15, 0.2) is 0 Å². The summed E-state index contributed by atoms with van der Waals surface area (Å²) in [5.41, 5.74) is 0.194. The molecule has 4 aliphatic carbocycles. The average Bonchev–Trinajstić information content (AvgIpc) is 2.91. The summed E-state index contributed by atoms with van der Waals surface area (Å²) in [6.07, 6.45) is 14.0. The van der Waals surface area contributed by atoms with E-state index in [9.17, 15) is 4.79 Å². The molecule has 4 rings (SSSR count). The van der Waals surface area contributed by atoms with E-state index < -0.39 is 12.3 Å². The van der Waals surface area contributed by atoms with Gasteiger partial charge in [-0.3, -0.25) is 0 Å². The Morgan fingerprint density at radius 2 is 1.96 bits per heavy atom. The van der Waals surface area contributed by atoms with Crippen molar-refractivity contribution >= 4 is 5.97 Å². The molecule has 7 atom stereocenters. The normalized spacial score (nSPS) is 48.0. The molecular weight excluding hydrogens is 316 g/mol. The van der Waals surface area contributed by atoms with E-state index in [2.05, 4.69) is 32.1 Å². The Balaban J connectivity index is 1.58. The molecule has 4 heteroatoms. The highest BCUT2D eigenvalue weighted by Gasteiger charge is 2.58. The third-order valence-corrected chi connectivity index (χ3v) is 8.02. The third kappa shape index (κ3) is 2.52. The van der Waals surface area contributed by atoms with Gasteiger partial charge in [-0.2, -0.15) is 0 Å². The van der Waals surface area contributed by atoms with Gasteiger partial charge in [0.25, 0.3) is 6.29 Å². The lowest BCUT2D eigenvalue weighted by Crippen LogP contribution is -2.53. The zero-order valence-corrected chi connectivity index (χ0v) is 15.2. The van der Waals surface area contributed by atoms with Gasteiger partial charge >= 0.3 is 5.97 Å². The summed E-state index contributed by atoms with van der Waals surface area (Å²) in [5.74, 6) is 1.61. The molecular formula is C21H30O4. The fourth-order valence-electron chi connectivity index (χ4n) is 6.59. The third-order valence-electron chi connectivity index (χ3n) is 8.02. The van der Waals surface area contributed by atoms with Crippen LogP contribution in [0.3, 0.4) is 0 Å². The molecule has 2 fully saturated rings. The molecule has 138 valence electrons. The number of hydrogen-bond donors (Lipinski definition) is 2. The first kappa shape index (κ1) is 17.3. The molecule has 2 N–H and O–H groups in total. The summed E-state index contributed by atoms with van der Waals surface area (Å²) in [4.78, 5) is 11.7. The maximum Gasteiger partial charge on any atom is 0.363 e. The number of ether oxygens (including phenoxy) is 1. The van der Waals surface area contributed by atoms with Gasteiger partial charge in [-0.05, 0) is 73.7 Å². The molecule has 0 saturated heterocycles. The summed E-state index contributed by atoms with van der Waals surface area (Å²) < 4.78 is 5.42. The summed E-state index contributed by atoms with van der Waals surface area (Å²) in [6.45, 7) is 4.67. The van der Waals surface area contributed by atoms with Crippen molar-refractivity contribution in [2.24, 2.45) is 34.5 Å². The van der Waals surface area contributed by atoms with Crippen molar-refractivity contribution in [1.29, 1.82) is 0 Å². The second-order valence-electron chi connectivity index (χ2n) is 9.08. The zero-order chi connectivity index (χ0) is 17.8. The minimum Gasteiger partial charge on any atom is -0.454 e. The van der Waals surface area contributed by atoms with E-state index in [1.807, 2.05) is 6.08 Å². The monoisotopic (exact) mass is 346 g/mol. The Morgan fingerprint density at radius 3 is 2.72 bits per heavy atom. The smallest absolute Gasteiger partial charge is 0.363 e. The summed E-state index contributed by atoms with van der Waals surface area (Å²) in [7, 11) is 0. The number of esters is 1. The van der Waals surface area contributed by atoms with Gasteiger partial charge in [0.1, 0.15) is 6.10 Å². The van der Waals surface area contributed by atoms with E-state index in [1.54, 1.807) is 0 Å². The number of aliphatic hydroxyl groups is 2. The zero-order valence-electron chi connectivity index (χ0n) is 15.2. The van der Waals surface area contributed by atoms with E-state index in [0.29, 0.717) is 23.2 Å². The molecule has 2 saturated carbocycles. The standard InChI is InChI=1S/C21H30O4/c1-20-11-4-3-5-13(20)6-7-14-15-8-9-17(25-19(24)18(22)23)21(15,2)12-10-16(14)20/h4,8-9,11,13-18,22-23H,3,5-7,10,12H2,1-2H3/t13-,14-,15-,16-,17-,20-,21-/m0/s1. The Hall–Kier alpha value is -1.13. The van der Waals surface area contributed by atoms with Crippen LogP contribution < -0.4 is 0 Å². The molecule has 0 heterocycles. The van der Waals surface area contributed by atoms with Crippen molar-refractivity contribution in [3.8, 4) is 0 Å². The van der Waals surface area contributed by atoms with Crippen LogP contribution in [0, 0.1) is 34.5 Å². The quantitative estimate of drug-likeness (QED) is 0.458. The van der Waals surface area contributed by atoms with Crippen LogP contribution in [0.5, 0.6) is 0 Å². The maximum atomic E-state index is 11.7. The highest BCUT2D eigenvalue weighted by Crippen LogP contribution is 2.64. The lowest BCUT2D eigenvalue weighted by atomic mass is 9.46. The van der Waals surface area contributed by atoms with Crippen molar-refractivity contribution in [2.45, 2.75) is 64.8 Å². The van der Waals surface area contributed by atoms with E-state index >= 15 is 0 Å². The molecule has 0 aromatic heterocycles. The Morgan fingerprint density at radius 1 is 1.16 bits per heavy atom. The minimum atomic E-state index is -2.05. The van der Waals surface area contributed by atoms with Crippen LogP contribution in [-0.2, 0) is 9.53 Å². The predicted octanol–water partition coefficient (Wildman–Crippen LogP) is 3.19. The van der Waals surface area contributed by atoms with Crippen molar-refractivity contribution in [2.75, 3.05) is 0 Å². The molecule has 4 nitrogen and oxygen atoms in total. The van der Waals surface area contributed by atoms with Crippen molar-refractivity contribution in [3.05, 3.63) is 24.3 Å². The van der Waals surface area contributed by atoms with Crippen LogP contribution in [0.4, 0.5) is 0 Å². The second-order valence-corrected chi connectivity index (χ2v) is 9.08. The first-order valence-electron chi connectivity index (χ1n) is 9.79. The molecule has 0 aromatic carbocycles. The van der Waals surface area contributed by atoms with Crippen LogP contribution in [0.1, 0.15) is 52.4 Å². The molecule has 0 amide bonds.